The molecule has 1 N–H and O–H groups in total. The number of carbonyl (C=O) groups is 1. The molecule has 26 heavy (non-hydrogen) atoms. The van der Waals surface area contributed by atoms with Crippen LogP contribution in [0.4, 0.5) is 0 Å². The maximum absolute atomic E-state index is 12.5. The van der Waals surface area contributed by atoms with Crippen LogP contribution in [0, 0.1) is 23.2 Å². The number of halogens is 1. The summed E-state index contributed by atoms with van der Waals surface area (Å²) in [6.45, 7) is 0.860. The second-order valence-corrected chi connectivity index (χ2v) is 6.71. The molecule has 1 aliphatic heterocycles. The van der Waals surface area contributed by atoms with Crippen LogP contribution in [0.5, 0.6) is 0 Å². The molecule has 0 aromatic heterocycles. The molecule has 0 spiro atoms. The van der Waals surface area contributed by atoms with Gasteiger partial charge < -0.3 is 10.0 Å². The van der Waals surface area contributed by atoms with Crippen molar-refractivity contribution < 1.29 is 9.90 Å². The molecular formula is C21H17ClN2O2. The fraction of sp³-hybridized carbons (Fsp3) is 0.238. The molecule has 2 aromatic rings. The van der Waals surface area contributed by atoms with Crippen LogP contribution in [-0.4, -0.2) is 34.6 Å². The van der Waals surface area contributed by atoms with E-state index in [-0.39, 0.29) is 5.91 Å². The standard InChI is InChI=1S/C21H17ClN2O2/c22-19-3-1-2-16(14-19)8-9-21(26)10-12-24(13-11-21)20(25)18-6-4-17(15-23)5-7-18/h1-7,14,26H,10-13H2. The Labute approximate surface area is 157 Å². The minimum atomic E-state index is -1.11. The zero-order chi connectivity index (χ0) is 18.6. The fourth-order valence-electron chi connectivity index (χ4n) is 2.83. The van der Waals surface area contributed by atoms with Crippen molar-refractivity contribution in [1.82, 2.24) is 4.90 Å². The Morgan fingerprint density at radius 2 is 1.81 bits per heavy atom. The van der Waals surface area contributed by atoms with Crippen molar-refractivity contribution in [2.24, 2.45) is 0 Å². The van der Waals surface area contributed by atoms with Gasteiger partial charge in [-0.25, -0.2) is 0 Å². The summed E-state index contributed by atoms with van der Waals surface area (Å²) in [4.78, 5) is 14.2. The number of benzene rings is 2. The predicted octanol–water partition coefficient (Wildman–Crippen LogP) is 3.23. The maximum Gasteiger partial charge on any atom is 0.253 e. The van der Waals surface area contributed by atoms with E-state index < -0.39 is 5.60 Å². The Balaban J connectivity index is 1.64. The lowest BCUT2D eigenvalue weighted by Crippen LogP contribution is -2.46. The summed E-state index contributed by atoms with van der Waals surface area (Å²) in [7, 11) is 0. The van der Waals surface area contributed by atoms with Gasteiger partial charge in [-0.3, -0.25) is 4.79 Å². The molecule has 1 aliphatic rings. The van der Waals surface area contributed by atoms with Gasteiger partial charge in [-0.2, -0.15) is 5.26 Å². The van der Waals surface area contributed by atoms with Crippen molar-refractivity contribution in [3.63, 3.8) is 0 Å². The first-order valence-electron chi connectivity index (χ1n) is 8.30. The van der Waals surface area contributed by atoms with E-state index in [4.69, 9.17) is 16.9 Å². The fourth-order valence-corrected chi connectivity index (χ4v) is 3.02. The van der Waals surface area contributed by atoms with Crippen molar-refractivity contribution in [1.29, 1.82) is 5.26 Å². The number of amides is 1. The van der Waals surface area contributed by atoms with Gasteiger partial charge in [-0.05, 0) is 42.5 Å². The molecule has 1 fully saturated rings. The third kappa shape index (κ3) is 4.24. The van der Waals surface area contributed by atoms with Crippen LogP contribution in [-0.2, 0) is 0 Å². The van der Waals surface area contributed by atoms with Gasteiger partial charge in [0.25, 0.3) is 5.91 Å². The highest BCUT2D eigenvalue weighted by Crippen LogP contribution is 2.23. The molecular weight excluding hydrogens is 348 g/mol. The molecule has 2 aromatic carbocycles. The monoisotopic (exact) mass is 364 g/mol. The molecule has 0 saturated carbocycles. The summed E-state index contributed by atoms with van der Waals surface area (Å²) in [5.41, 5.74) is 0.705. The topological polar surface area (TPSA) is 64.3 Å². The van der Waals surface area contributed by atoms with E-state index in [1.807, 2.05) is 18.2 Å². The summed E-state index contributed by atoms with van der Waals surface area (Å²) in [6, 6.07) is 15.8. The molecule has 0 bridgehead atoms. The van der Waals surface area contributed by atoms with Gasteiger partial charge >= 0.3 is 0 Å². The Morgan fingerprint density at radius 3 is 2.42 bits per heavy atom. The highest BCUT2D eigenvalue weighted by molar-refractivity contribution is 6.30. The Kier molecular flexibility index (Phi) is 5.28. The maximum atomic E-state index is 12.5. The highest BCUT2D eigenvalue weighted by Gasteiger charge is 2.32. The summed E-state index contributed by atoms with van der Waals surface area (Å²) in [5, 5.41) is 20.1. The first-order valence-corrected chi connectivity index (χ1v) is 8.67. The first kappa shape index (κ1) is 18.0. The van der Waals surface area contributed by atoms with Crippen molar-refractivity contribution in [2.45, 2.75) is 18.4 Å². The van der Waals surface area contributed by atoms with Crippen molar-refractivity contribution in [3.05, 3.63) is 70.2 Å². The lowest BCUT2D eigenvalue weighted by molar-refractivity contribution is 0.0249. The Morgan fingerprint density at radius 1 is 1.12 bits per heavy atom. The van der Waals surface area contributed by atoms with E-state index in [2.05, 4.69) is 11.8 Å². The van der Waals surface area contributed by atoms with Gasteiger partial charge in [0.2, 0.25) is 0 Å². The van der Waals surface area contributed by atoms with Gasteiger partial charge in [0, 0.05) is 42.1 Å². The quantitative estimate of drug-likeness (QED) is 0.790. The number of aliphatic hydroxyl groups is 1. The van der Waals surface area contributed by atoms with Crippen molar-refractivity contribution in [3.8, 4) is 17.9 Å². The molecule has 1 heterocycles. The minimum Gasteiger partial charge on any atom is -0.377 e. The lowest BCUT2D eigenvalue weighted by atomic mass is 9.91. The molecule has 130 valence electrons. The zero-order valence-corrected chi connectivity index (χ0v) is 14.8. The molecule has 0 aliphatic carbocycles. The summed E-state index contributed by atoms with van der Waals surface area (Å²) >= 11 is 5.94. The predicted molar refractivity (Wildman–Crippen MR) is 99.6 cm³/mol. The smallest absolute Gasteiger partial charge is 0.253 e. The molecule has 0 unspecified atom stereocenters. The largest absolute Gasteiger partial charge is 0.377 e. The molecule has 0 atom stereocenters. The molecule has 5 heteroatoms. The number of hydrogen-bond acceptors (Lipinski definition) is 3. The van der Waals surface area contributed by atoms with Crippen LogP contribution in [0.15, 0.2) is 48.5 Å². The number of nitriles is 1. The van der Waals surface area contributed by atoms with Crippen molar-refractivity contribution >= 4 is 17.5 Å². The van der Waals surface area contributed by atoms with E-state index >= 15 is 0 Å². The normalized spacial score (nSPS) is 15.5. The second kappa shape index (κ2) is 7.62. The SMILES string of the molecule is N#Cc1ccc(C(=O)N2CCC(O)(C#Cc3cccc(Cl)c3)CC2)cc1. The van der Waals surface area contributed by atoms with Gasteiger partial charge in [0.1, 0.15) is 5.60 Å². The number of nitrogens with zero attached hydrogens (tertiary/aromatic N) is 2. The molecule has 0 radical (unpaired) electrons. The zero-order valence-electron chi connectivity index (χ0n) is 14.1. The molecule has 3 rings (SSSR count). The number of piperidine rings is 1. The number of likely N-dealkylation sites (tertiary alicyclic amines) is 1. The first-order chi connectivity index (χ1) is 12.5. The number of hydrogen-bond donors (Lipinski definition) is 1. The number of carbonyl (C=O) groups excluding carboxylic acids is 1. The Bertz CT molecular complexity index is 912. The molecule has 4 nitrogen and oxygen atoms in total. The van der Waals surface area contributed by atoms with Crippen molar-refractivity contribution in [2.75, 3.05) is 13.1 Å². The molecule has 1 saturated heterocycles. The third-order valence-corrected chi connectivity index (χ3v) is 4.64. The average Bonchev–Trinajstić information content (AvgIpc) is 2.67. The second-order valence-electron chi connectivity index (χ2n) is 6.27. The van der Waals surface area contributed by atoms with E-state index in [1.165, 1.54) is 0 Å². The Hall–Kier alpha value is -2.79. The summed E-state index contributed by atoms with van der Waals surface area (Å²) in [5.74, 6) is 5.80. The van der Waals surface area contributed by atoms with Gasteiger partial charge in [-0.15, -0.1) is 0 Å². The average molecular weight is 365 g/mol. The van der Waals surface area contributed by atoms with E-state index in [0.717, 1.165) is 5.56 Å². The lowest BCUT2D eigenvalue weighted by Gasteiger charge is -2.35. The van der Waals surface area contributed by atoms with Crippen LogP contribution in [0.1, 0.15) is 34.3 Å². The van der Waals surface area contributed by atoms with Crippen LogP contribution < -0.4 is 0 Å². The van der Waals surface area contributed by atoms with Gasteiger partial charge in [0.15, 0.2) is 0 Å². The van der Waals surface area contributed by atoms with Crippen LogP contribution >= 0.6 is 11.6 Å². The van der Waals surface area contributed by atoms with E-state index in [1.54, 1.807) is 41.3 Å². The van der Waals surface area contributed by atoms with Gasteiger partial charge in [-0.1, -0.05) is 29.5 Å². The van der Waals surface area contributed by atoms with E-state index in [0.29, 0.717) is 42.1 Å². The van der Waals surface area contributed by atoms with Crippen LogP contribution in [0.25, 0.3) is 0 Å². The highest BCUT2D eigenvalue weighted by atomic mass is 35.5. The third-order valence-electron chi connectivity index (χ3n) is 4.40. The summed E-state index contributed by atoms with van der Waals surface area (Å²) in [6.07, 6.45) is 0.783. The number of rotatable bonds is 1. The summed E-state index contributed by atoms with van der Waals surface area (Å²) < 4.78 is 0. The van der Waals surface area contributed by atoms with E-state index in [9.17, 15) is 9.90 Å². The molecule has 1 amide bonds. The van der Waals surface area contributed by atoms with Crippen LogP contribution in [0.2, 0.25) is 5.02 Å². The minimum absolute atomic E-state index is 0.0978. The van der Waals surface area contributed by atoms with Crippen LogP contribution in [0.3, 0.4) is 0 Å². The van der Waals surface area contributed by atoms with Gasteiger partial charge in [0.05, 0.1) is 11.6 Å².